The van der Waals surface area contributed by atoms with E-state index in [0.29, 0.717) is 55.7 Å². The molecule has 0 aromatic heterocycles. The molecule has 3 fully saturated rings. The Morgan fingerprint density at radius 2 is 1.63 bits per heavy atom. The number of carbonyl (C=O) groups is 4. The first-order valence-corrected chi connectivity index (χ1v) is 13.1. The summed E-state index contributed by atoms with van der Waals surface area (Å²) in [6.07, 6.45) is 2.76. The van der Waals surface area contributed by atoms with Crippen molar-refractivity contribution in [2.75, 3.05) is 32.8 Å². The predicted molar refractivity (Wildman–Crippen MR) is 136 cm³/mol. The summed E-state index contributed by atoms with van der Waals surface area (Å²) in [7, 11) is 0. The standard InChI is InChI=1S/C27H25F2N3O5S/c28-20-3-1-4-21(29)19(20)16-32-26(35)23(38-27(32)36)15-17-6-8-18(9-7-17)24(33)30-10-12-31(13-11-30)25(34)22-5-2-14-37-22/h1,3-4,6-9,15,22H,2,5,10-14,16H2/b23-15-/t22-/m1/s1. The van der Waals surface area contributed by atoms with Crippen molar-refractivity contribution >= 4 is 40.8 Å². The minimum Gasteiger partial charge on any atom is -0.368 e. The van der Waals surface area contributed by atoms with E-state index in [9.17, 15) is 28.0 Å². The Morgan fingerprint density at radius 1 is 0.974 bits per heavy atom. The summed E-state index contributed by atoms with van der Waals surface area (Å²) in [6, 6.07) is 9.95. The molecule has 0 radical (unpaired) electrons. The predicted octanol–water partition coefficient (Wildman–Crippen LogP) is 3.66. The van der Waals surface area contributed by atoms with E-state index in [1.165, 1.54) is 12.1 Å². The van der Waals surface area contributed by atoms with Gasteiger partial charge in [-0.2, -0.15) is 0 Å². The van der Waals surface area contributed by atoms with Crippen molar-refractivity contribution < 1.29 is 32.7 Å². The van der Waals surface area contributed by atoms with Crippen molar-refractivity contribution in [3.63, 3.8) is 0 Å². The number of hydrogen-bond acceptors (Lipinski definition) is 6. The average Bonchev–Trinajstić information content (AvgIpc) is 3.55. The fourth-order valence-electron chi connectivity index (χ4n) is 4.64. The number of piperazine rings is 1. The number of ether oxygens (including phenoxy) is 1. The number of rotatable bonds is 5. The molecule has 4 amide bonds. The molecular weight excluding hydrogens is 516 g/mol. The lowest BCUT2D eigenvalue weighted by Crippen LogP contribution is -2.52. The lowest BCUT2D eigenvalue weighted by Gasteiger charge is -2.35. The third kappa shape index (κ3) is 5.34. The van der Waals surface area contributed by atoms with Gasteiger partial charge in [-0.05, 0) is 60.5 Å². The van der Waals surface area contributed by atoms with Crippen LogP contribution in [0.15, 0.2) is 47.4 Å². The topological polar surface area (TPSA) is 87.2 Å². The molecule has 3 aliphatic rings. The molecular formula is C27H25F2N3O5S. The van der Waals surface area contributed by atoms with Crippen LogP contribution in [-0.2, 0) is 20.9 Å². The number of thioether (sulfide) groups is 1. The number of amides is 4. The lowest BCUT2D eigenvalue weighted by molar-refractivity contribution is -0.142. The Labute approximate surface area is 222 Å². The van der Waals surface area contributed by atoms with Gasteiger partial charge in [0.15, 0.2) is 0 Å². The molecule has 5 rings (SSSR count). The number of imide groups is 1. The molecule has 2 aromatic rings. The molecule has 8 nitrogen and oxygen atoms in total. The van der Waals surface area contributed by atoms with Gasteiger partial charge < -0.3 is 14.5 Å². The first-order chi connectivity index (χ1) is 18.3. The van der Waals surface area contributed by atoms with Gasteiger partial charge in [0.25, 0.3) is 23.0 Å². The van der Waals surface area contributed by atoms with E-state index in [-0.39, 0.29) is 28.4 Å². The van der Waals surface area contributed by atoms with E-state index in [1.54, 1.807) is 34.1 Å². The summed E-state index contributed by atoms with van der Waals surface area (Å²) in [5.41, 5.74) is 0.705. The van der Waals surface area contributed by atoms with Gasteiger partial charge in [-0.3, -0.25) is 24.1 Å². The SMILES string of the molecule is O=C(c1ccc(/C=C2\SC(=O)N(Cc3c(F)cccc3F)C2=O)cc1)N1CCN(C(=O)[C@H]2CCCO2)CC1. The van der Waals surface area contributed by atoms with Crippen molar-refractivity contribution in [3.05, 3.63) is 75.7 Å². The van der Waals surface area contributed by atoms with Crippen molar-refractivity contribution in [2.24, 2.45) is 0 Å². The number of benzene rings is 2. The van der Waals surface area contributed by atoms with Gasteiger partial charge in [-0.25, -0.2) is 8.78 Å². The van der Waals surface area contributed by atoms with Crippen LogP contribution >= 0.6 is 11.8 Å². The van der Waals surface area contributed by atoms with Gasteiger partial charge in [0.2, 0.25) is 0 Å². The Kier molecular flexibility index (Phi) is 7.57. The van der Waals surface area contributed by atoms with Crippen LogP contribution in [0.2, 0.25) is 0 Å². The Hall–Kier alpha value is -3.57. The van der Waals surface area contributed by atoms with Gasteiger partial charge in [-0.15, -0.1) is 0 Å². The summed E-state index contributed by atoms with van der Waals surface area (Å²) < 4.78 is 33.5. The van der Waals surface area contributed by atoms with Gasteiger partial charge in [-0.1, -0.05) is 18.2 Å². The van der Waals surface area contributed by atoms with Crippen LogP contribution in [0.5, 0.6) is 0 Å². The summed E-state index contributed by atoms with van der Waals surface area (Å²) in [6.45, 7) is 1.87. The van der Waals surface area contributed by atoms with Crippen LogP contribution in [0.1, 0.15) is 34.3 Å². The molecule has 0 aliphatic carbocycles. The molecule has 3 heterocycles. The fourth-order valence-corrected chi connectivity index (χ4v) is 5.48. The molecule has 0 bridgehead atoms. The molecule has 11 heteroatoms. The van der Waals surface area contributed by atoms with E-state index in [2.05, 4.69) is 0 Å². The maximum absolute atomic E-state index is 14.0. The van der Waals surface area contributed by atoms with Gasteiger partial charge >= 0.3 is 0 Å². The molecule has 0 unspecified atom stereocenters. The van der Waals surface area contributed by atoms with Crippen molar-refractivity contribution in [2.45, 2.75) is 25.5 Å². The Balaban J connectivity index is 1.20. The van der Waals surface area contributed by atoms with E-state index < -0.39 is 29.3 Å². The second kappa shape index (κ2) is 11.0. The first-order valence-electron chi connectivity index (χ1n) is 12.3. The van der Waals surface area contributed by atoms with E-state index in [0.717, 1.165) is 29.9 Å². The lowest BCUT2D eigenvalue weighted by atomic mass is 10.1. The Morgan fingerprint density at radius 3 is 2.26 bits per heavy atom. The number of hydrogen-bond donors (Lipinski definition) is 0. The zero-order chi connectivity index (χ0) is 26.8. The second-order valence-corrected chi connectivity index (χ2v) is 10.2. The normalized spacial score (nSPS) is 21.1. The molecule has 3 aliphatic heterocycles. The average molecular weight is 542 g/mol. The zero-order valence-electron chi connectivity index (χ0n) is 20.4. The van der Waals surface area contributed by atoms with Crippen LogP contribution in [0.3, 0.4) is 0 Å². The second-order valence-electron chi connectivity index (χ2n) is 9.21. The third-order valence-electron chi connectivity index (χ3n) is 6.79. The summed E-state index contributed by atoms with van der Waals surface area (Å²) in [5.74, 6) is -2.47. The zero-order valence-corrected chi connectivity index (χ0v) is 21.2. The molecule has 0 N–H and O–H groups in total. The summed E-state index contributed by atoms with van der Waals surface area (Å²) in [4.78, 5) is 55.0. The van der Waals surface area contributed by atoms with E-state index >= 15 is 0 Å². The number of halogens is 2. The van der Waals surface area contributed by atoms with Gasteiger partial charge in [0.05, 0.1) is 11.4 Å². The van der Waals surface area contributed by atoms with Crippen molar-refractivity contribution in [1.82, 2.24) is 14.7 Å². The van der Waals surface area contributed by atoms with Crippen LogP contribution in [0.25, 0.3) is 6.08 Å². The number of carbonyl (C=O) groups excluding carboxylic acids is 4. The molecule has 38 heavy (non-hydrogen) atoms. The minimum absolute atomic E-state index is 0.0117. The van der Waals surface area contributed by atoms with Crippen molar-refractivity contribution in [3.8, 4) is 0 Å². The molecule has 0 saturated carbocycles. The quantitative estimate of drug-likeness (QED) is 0.537. The maximum atomic E-state index is 14.0. The highest BCUT2D eigenvalue weighted by atomic mass is 32.2. The summed E-state index contributed by atoms with van der Waals surface area (Å²) in [5, 5.41) is -0.618. The molecule has 2 aromatic carbocycles. The highest BCUT2D eigenvalue weighted by Crippen LogP contribution is 2.34. The number of nitrogens with zero attached hydrogens (tertiary/aromatic N) is 3. The van der Waals surface area contributed by atoms with Crippen LogP contribution in [0.4, 0.5) is 13.6 Å². The maximum Gasteiger partial charge on any atom is 0.293 e. The largest absolute Gasteiger partial charge is 0.368 e. The smallest absolute Gasteiger partial charge is 0.293 e. The first kappa shape index (κ1) is 26.1. The molecule has 0 spiro atoms. The minimum atomic E-state index is -0.830. The summed E-state index contributed by atoms with van der Waals surface area (Å²) >= 11 is 0.690. The molecule has 1 atom stereocenters. The Bertz CT molecular complexity index is 1280. The third-order valence-corrected chi connectivity index (χ3v) is 7.70. The monoisotopic (exact) mass is 541 g/mol. The van der Waals surface area contributed by atoms with Gasteiger partial charge in [0.1, 0.15) is 17.7 Å². The highest BCUT2D eigenvalue weighted by molar-refractivity contribution is 8.18. The highest BCUT2D eigenvalue weighted by Gasteiger charge is 2.36. The van der Waals surface area contributed by atoms with Crippen LogP contribution in [-0.4, -0.2) is 76.6 Å². The fraction of sp³-hybridized carbons (Fsp3) is 0.333. The molecule has 198 valence electrons. The van der Waals surface area contributed by atoms with Crippen LogP contribution < -0.4 is 0 Å². The van der Waals surface area contributed by atoms with Gasteiger partial charge in [0, 0.05) is 43.9 Å². The van der Waals surface area contributed by atoms with E-state index in [1.807, 2.05) is 0 Å². The van der Waals surface area contributed by atoms with Crippen LogP contribution in [0, 0.1) is 11.6 Å². The van der Waals surface area contributed by atoms with E-state index in [4.69, 9.17) is 4.74 Å². The molecule has 3 saturated heterocycles. The van der Waals surface area contributed by atoms with Crippen molar-refractivity contribution in [1.29, 1.82) is 0 Å².